The van der Waals surface area contributed by atoms with Gasteiger partial charge in [-0.25, -0.2) is 0 Å². The van der Waals surface area contributed by atoms with Gasteiger partial charge in [-0.2, -0.15) is 0 Å². The van der Waals surface area contributed by atoms with Crippen molar-refractivity contribution in [2.45, 2.75) is 33.2 Å². The standard InChI is InChI=1S/C18H22N2O2/c1-13(2)8-11-20-16(18(22)19-9-5-10-19)12-14-6-3-4-7-15(14)17(20)21/h3-4,6-7,12-13H,5,8-11H2,1-2H3. The molecular formula is C18H22N2O2. The molecule has 4 heteroatoms. The minimum atomic E-state index is -0.0531. The lowest BCUT2D eigenvalue weighted by Crippen LogP contribution is -2.44. The zero-order chi connectivity index (χ0) is 15.7. The number of benzene rings is 1. The van der Waals surface area contributed by atoms with Crippen LogP contribution >= 0.6 is 0 Å². The molecule has 1 aliphatic heterocycles. The Balaban J connectivity index is 2.11. The van der Waals surface area contributed by atoms with Gasteiger partial charge in [0, 0.05) is 25.0 Å². The third-order valence-corrected chi connectivity index (χ3v) is 4.31. The zero-order valence-corrected chi connectivity index (χ0v) is 13.2. The van der Waals surface area contributed by atoms with Crippen molar-refractivity contribution in [3.8, 4) is 0 Å². The molecule has 1 fully saturated rings. The molecule has 0 atom stereocenters. The van der Waals surface area contributed by atoms with E-state index in [-0.39, 0.29) is 11.5 Å². The fraction of sp³-hybridized carbons (Fsp3) is 0.444. The Morgan fingerprint density at radius 2 is 1.95 bits per heavy atom. The molecule has 0 spiro atoms. The van der Waals surface area contributed by atoms with Gasteiger partial charge in [-0.1, -0.05) is 32.0 Å². The van der Waals surface area contributed by atoms with Crippen LogP contribution in [0.15, 0.2) is 35.1 Å². The summed E-state index contributed by atoms with van der Waals surface area (Å²) in [6, 6.07) is 9.38. The van der Waals surface area contributed by atoms with E-state index >= 15 is 0 Å². The van der Waals surface area contributed by atoms with E-state index in [2.05, 4.69) is 13.8 Å². The minimum absolute atomic E-state index is 0.0159. The number of hydrogen-bond acceptors (Lipinski definition) is 2. The first-order chi connectivity index (χ1) is 10.6. The van der Waals surface area contributed by atoms with Crippen molar-refractivity contribution in [1.82, 2.24) is 9.47 Å². The Morgan fingerprint density at radius 3 is 2.59 bits per heavy atom. The predicted molar refractivity (Wildman–Crippen MR) is 88.2 cm³/mol. The molecule has 2 heterocycles. The molecule has 2 aromatic rings. The molecule has 0 aliphatic carbocycles. The van der Waals surface area contributed by atoms with E-state index < -0.39 is 0 Å². The molecule has 0 bridgehead atoms. The third-order valence-electron chi connectivity index (χ3n) is 4.31. The second kappa shape index (κ2) is 5.95. The Kier molecular flexibility index (Phi) is 4.01. The normalized spacial score (nSPS) is 14.4. The third kappa shape index (κ3) is 2.65. The van der Waals surface area contributed by atoms with Crippen LogP contribution in [-0.2, 0) is 6.54 Å². The van der Waals surface area contributed by atoms with E-state index in [0.29, 0.717) is 23.5 Å². The number of aromatic nitrogens is 1. The van der Waals surface area contributed by atoms with Gasteiger partial charge in [-0.05, 0) is 36.3 Å². The van der Waals surface area contributed by atoms with Crippen molar-refractivity contribution in [3.63, 3.8) is 0 Å². The highest BCUT2D eigenvalue weighted by atomic mass is 16.2. The number of fused-ring (bicyclic) bond motifs is 1. The van der Waals surface area contributed by atoms with Gasteiger partial charge < -0.3 is 9.47 Å². The first-order valence-corrected chi connectivity index (χ1v) is 8.00. The average molecular weight is 298 g/mol. The summed E-state index contributed by atoms with van der Waals surface area (Å²) in [5.41, 5.74) is 0.478. The number of hydrogen-bond donors (Lipinski definition) is 0. The van der Waals surface area contributed by atoms with Crippen molar-refractivity contribution >= 4 is 16.7 Å². The topological polar surface area (TPSA) is 42.3 Å². The van der Waals surface area contributed by atoms with E-state index in [4.69, 9.17) is 0 Å². The number of carbonyl (C=O) groups excluding carboxylic acids is 1. The van der Waals surface area contributed by atoms with Crippen LogP contribution in [0.25, 0.3) is 10.8 Å². The lowest BCUT2D eigenvalue weighted by Gasteiger charge is -2.31. The van der Waals surface area contributed by atoms with Gasteiger partial charge in [0.2, 0.25) is 0 Å². The van der Waals surface area contributed by atoms with E-state index in [9.17, 15) is 9.59 Å². The summed E-state index contributed by atoms with van der Waals surface area (Å²) in [6.07, 6.45) is 1.94. The first-order valence-electron chi connectivity index (χ1n) is 8.00. The highest BCUT2D eigenvalue weighted by Crippen LogP contribution is 2.17. The molecule has 1 aliphatic rings. The summed E-state index contributed by atoms with van der Waals surface area (Å²) in [5, 5.41) is 1.53. The molecule has 1 saturated heterocycles. The number of likely N-dealkylation sites (tertiary alicyclic amines) is 1. The van der Waals surface area contributed by atoms with Crippen molar-refractivity contribution in [2.75, 3.05) is 13.1 Å². The van der Waals surface area contributed by atoms with E-state index in [0.717, 1.165) is 31.3 Å². The maximum atomic E-state index is 12.8. The first kappa shape index (κ1) is 14.8. The number of pyridine rings is 1. The SMILES string of the molecule is CC(C)CCn1c(C(=O)N2CCC2)cc2ccccc2c1=O. The van der Waals surface area contributed by atoms with Gasteiger partial charge in [-0.15, -0.1) is 0 Å². The van der Waals surface area contributed by atoms with Crippen LogP contribution in [-0.4, -0.2) is 28.5 Å². The van der Waals surface area contributed by atoms with Crippen LogP contribution in [0, 0.1) is 5.92 Å². The number of carbonyl (C=O) groups is 1. The summed E-state index contributed by atoms with van der Waals surface area (Å²) in [6.45, 7) is 6.44. The molecule has 4 nitrogen and oxygen atoms in total. The molecule has 0 N–H and O–H groups in total. The minimum Gasteiger partial charge on any atom is -0.337 e. The molecule has 0 radical (unpaired) electrons. The van der Waals surface area contributed by atoms with Crippen molar-refractivity contribution in [2.24, 2.45) is 5.92 Å². The summed E-state index contributed by atoms with van der Waals surface area (Å²) in [5.74, 6) is 0.475. The van der Waals surface area contributed by atoms with Crippen LogP contribution in [0.2, 0.25) is 0 Å². The van der Waals surface area contributed by atoms with Gasteiger partial charge in [0.25, 0.3) is 11.5 Å². The largest absolute Gasteiger partial charge is 0.337 e. The second-order valence-electron chi connectivity index (χ2n) is 6.40. The Labute approximate surface area is 130 Å². The number of nitrogens with zero attached hydrogens (tertiary/aromatic N) is 2. The molecule has 1 aromatic heterocycles. The van der Waals surface area contributed by atoms with Crippen molar-refractivity contribution in [1.29, 1.82) is 0 Å². The predicted octanol–water partition coefficient (Wildman–Crippen LogP) is 2.89. The lowest BCUT2D eigenvalue weighted by atomic mass is 10.1. The van der Waals surface area contributed by atoms with Crippen LogP contribution < -0.4 is 5.56 Å². The summed E-state index contributed by atoms with van der Waals surface area (Å²) < 4.78 is 1.67. The average Bonchev–Trinajstić information content (AvgIpc) is 2.44. The van der Waals surface area contributed by atoms with E-state index in [1.54, 1.807) is 4.57 Å². The highest BCUT2D eigenvalue weighted by Gasteiger charge is 2.25. The molecular weight excluding hydrogens is 276 g/mol. The molecule has 0 unspecified atom stereocenters. The molecule has 1 aromatic carbocycles. The van der Waals surface area contributed by atoms with E-state index in [1.807, 2.05) is 35.2 Å². The van der Waals surface area contributed by atoms with Crippen LogP contribution in [0.1, 0.15) is 37.2 Å². The Hall–Kier alpha value is -2.10. The van der Waals surface area contributed by atoms with Gasteiger partial charge in [0.15, 0.2) is 0 Å². The monoisotopic (exact) mass is 298 g/mol. The van der Waals surface area contributed by atoms with Gasteiger partial charge in [0.05, 0.1) is 0 Å². The second-order valence-corrected chi connectivity index (χ2v) is 6.40. The highest BCUT2D eigenvalue weighted by molar-refractivity contribution is 5.97. The van der Waals surface area contributed by atoms with E-state index in [1.165, 1.54) is 0 Å². The summed E-state index contributed by atoms with van der Waals surface area (Å²) in [7, 11) is 0. The van der Waals surface area contributed by atoms with Crippen LogP contribution in [0.4, 0.5) is 0 Å². The van der Waals surface area contributed by atoms with Gasteiger partial charge in [0.1, 0.15) is 5.69 Å². The zero-order valence-electron chi connectivity index (χ0n) is 13.2. The number of amides is 1. The maximum Gasteiger partial charge on any atom is 0.270 e. The lowest BCUT2D eigenvalue weighted by molar-refractivity contribution is 0.0638. The van der Waals surface area contributed by atoms with Crippen molar-refractivity contribution in [3.05, 3.63) is 46.4 Å². The maximum absolute atomic E-state index is 12.8. The number of rotatable bonds is 4. The van der Waals surface area contributed by atoms with Crippen LogP contribution in [0.3, 0.4) is 0 Å². The molecule has 3 rings (SSSR count). The van der Waals surface area contributed by atoms with Crippen molar-refractivity contribution < 1.29 is 4.79 Å². The summed E-state index contributed by atoms with van der Waals surface area (Å²) >= 11 is 0. The Morgan fingerprint density at radius 1 is 1.23 bits per heavy atom. The smallest absolute Gasteiger partial charge is 0.270 e. The van der Waals surface area contributed by atoms with Crippen LogP contribution in [0.5, 0.6) is 0 Å². The molecule has 22 heavy (non-hydrogen) atoms. The quantitative estimate of drug-likeness (QED) is 0.871. The molecule has 1 amide bonds. The molecule has 116 valence electrons. The van der Waals surface area contributed by atoms with Gasteiger partial charge >= 0.3 is 0 Å². The fourth-order valence-electron chi connectivity index (χ4n) is 2.77. The fourth-order valence-corrected chi connectivity index (χ4v) is 2.77. The molecule has 0 saturated carbocycles. The van der Waals surface area contributed by atoms with Gasteiger partial charge in [-0.3, -0.25) is 9.59 Å². The Bertz CT molecular complexity index is 757. The summed E-state index contributed by atoms with van der Waals surface area (Å²) in [4.78, 5) is 27.3.